The number of fused-ring (bicyclic) bond motifs is 5. The van der Waals surface area contributed by atoms with Crippen molar-refractivity contribution in [2.45, 2.75) is 31.6 Å². The number of nitro benzene ring substituents is 1. The van der Waals surface area contributed by atoms with Crippen LogP contribution in [-0.4, -0.2) is 4.92 Å². The molecule has 0 saturated heterocycles. The van der Waals surface area contributed by atoms with Crippen molar-refractivity contribution in [3.63, 3.8) is 0 Å². The number of rotatable bonds is 1. The SMILES string of the molecule is CC12CCCC=C1C=Cc1c2cc([N+](=O)[O-])c2ccccc12. The second kappa shape index (κ2) is 4.54. The van der Waals surface area contributed by atoms with Crippen LogP contribution in [0.3, 0.4) is 0 Å². The molecule has 110 valence electrons. The molecule has 0 radical (unpaired) electrons. The first-order valence-electron chi connectivity index (χ1n) is 7.70. The van der Waals surface area contributed by atoms with Crippen molar-refractivity contribution in [2.24, 2.45) is 0 Å². The second-order valence-electron chi connectivity index (χ2n) is 6.38. The average molecular weight is 291 g/mol. The molecule has 4 rings (SSSR count). The molecule has 22 heavy (non-hydrogen) atoms. The fourth-order valence-electron chi connectivity index (χ4n) is 3.96. The van der Waals surface area contributed by atoms with E-state index in [0.717, 1.165) is 41.2 Å². The summed E-state index contributed by atoms with van der Waals surface area (Å²) < 4.78 is 0. The Morgan fingerprint density at radius 2 is 1.95 bits per heavy atom. The van der Waals surface area contributed by atoms with Crippen LogP contribution in [-0.2, 0) is 5.41 Å². The third kappa shape index (κ3) is 1.68. The first-order chi connectivity index (χ1) is 10.6. The van der Waals surface area contributed by atoms with Gasteiger partial charge in [-0.05, 0) is 47.4 Å². The molecule has 0 spiro atoms. The summed E-state index contributed by atoms with van der Waals surface area (Å²) in [6.07, 6.45) is 9.88. The molecule has 0 amide bonds. The highest BCUT2D eigenvalue weighted by atomic mass is 16.6. The monoisotopic (exact) mass is 291 g/mol. The maximum absolute atomic E-state index is 11.5. The molecule has 1 unspecified atom stereocenters. The van der Waals surface area contributed by atoms with Gasteiger partial charge in [0.1, 0.15) is 0 Å². The highest BCUT2D eigenvalue weighted by Crippen LogP contribution is 2.48. The summed E-state index contributed by atoms with van der Waals surface area (Å²) in [5, 5.41) is 13.2. The van der Waals surface area contributed by atoms with Crippen LogP contribution in [0.5, 0.6) is 0 Å². The van der Waals surface area contributed by atoms with Crippen LogP contribution in [0.4, 0.5) is 5.69 Å². The van der Waals surface area contributed by atoms with Gasteiger partial charge in [-0.25, -0.2) is 0 Å². The predicted molar refractivity (Wildman–Crippen MR) is 88.9 cm³/mol. The Hall–Kier alpha value is -2.42. The maximum atomic E-state index is 11.5. The lowest BCUT2D eigenvalue weighted by molar-refractivity contribution is -0.383. The smallest absolute Gasteiger partial charge is 0.258 e. The van der Waals surface area contributed by atoms with E-state index >= 15 is 0 Å². The molecule has 2 aliphatic rings. The van der Waals surface area contributed by atoms with Crippen LogP contribution in [0.15, 0.2) is 48.1 Å². The van der Waals surface area contributed by atoms with Gasteiger partial charge in [0, 0.05) is 11.5 Å². The standard InChI is InChI=1S/C19H17NO2/c1-19-11-5-4-6-13(19)9-10-15-14-7-2-3-8-16(14)18(20(21)22)12-17(15)19/h2-3,6-10,12H,4-5,11H2,1H3. The lowest BCUT2D eigenvalue weighted by atomic mass is 9.65. The second-order valence-corrected chi connectivity index (χ2v) is 6.38. The van der Waals surface area contributed by atoms with Crippen LogP contribution >= 0.6 is 0 Å². The normalized spacial score (nSPS) is 22.9. The number of benzene rings is 2. The molecule has 0 saturated carbocycles. The summed E-state index contributed by atoms with van der Waals surface area (Å²) in [5.74, 6) is 0. The highest BCUT2D eigenvalue weighted by molar-refractivity contribution is 5.99. The summed E-state index contributed by atoms with van der Waals surface area (Å²) in [4.78, 5) is 11.3. The molecule has 2 aromatic rings. The zero-order chi connectivity index (χ0) is 15.3. The zero-order valence-corrected chi connectivity index (χ0v) is 12.5. The first-order valence-corrected chi connectivity index (χ1v) is 7.70. The molecular weight excluding hydrogens is 274 g/mol. The van der Waals surface area contributed by atoms with Gasteiger partial charge in [-0.2, -0.15) is 0 Å². The van der Waals surface area contributed by atoms with Gasteiger partial charge in [0.15, 0.2) is 0 Å². The Morgan fingerprint density at radius 3 is 2.73 bits per heavy atom. The fourth-order valence-corrected chi connectivity index (χ4v) is 3.96. The first kappa shape index (κ1) is 13.3. The minimum absolute atomic E-state index is 0.100. The van der Waals surface area contributed by atoms with Gasteiger partial charge < -0.3 is 0 Å². The van der Waals surface area contributed by atoms with Crippen molar-refractivity contribution >= 4 is 22.5 Å². The lowest BCUT2D eigenvalue weighted by Crippen LogP contribution is -2.29. The van der Waals surface area contributed by atoms with Crippen LogP contribution in [0, 0.1) is 10.1 Å². The van der Waals surface area contributed by atoms with Gasteiger partial charge in [-0.1, -0.05) is 43.4 Å². The van der Waals surface area contributed by atoms with Crippen molar-refractivity contribution in [1.29, 1.82) is 0 Å². The van der Waals surface area contributed by atoms with E-state index in [4.69, 9.17) is 0 Å². The topological polar surface area (TPSA) is 43.1 Å². The van der Waals surface area contributed by atoms with Crippen molar-refractivity contribution in [3.05, 3.63) is 69.3 Å². The predicted octanol–water partition coefficient (Wildman–Crippen LogP) is 5.14. The zero-order valence-electron chi connectivity index (χ0n) is 12.5. The number of nitrogens with zero attached hydrogens (tertiary/aromatic N) is 1. The van der Waals surface area contributed by atoms with Crippen molar-refractivity contribution < 1.29 is 4.92 Å². The molecular formula is C19H17NO2. The molecule has 0 aromatic heterocycles. The summed E-state index contributed by atoms with van der Waals surface area (Å²) in [7, 11) is 0. The number of allylic oxidation sites excluding steroid dienone is 3. The molecule has 0 aliphatic heterocycles. The van der Waals surface area contributed by atoms with E-state index < -0.39 is 0 Å². The third-order valence-corrected chi connectivity index (χ3v) is 5.17. The summed E-state index contributed by atoms with van der Waals surface area (Å²) >= 11 is 0. The number of hydrogen-bond donors (Lipinski definition) is 0. The number of non-ortho nitro benzene ring substituents is 1. The van der Waals surface area contributed by atoms with Gasteiger partial charge in [0.05, 0.1) is 10.3 Å². The van der Waals surface area contributed by atoms with Crippen molar-refractivity contribution in [1.82, 2.24) is 0 Å². The Bertz CT molecular complexity index is 863. The third-order valence-electron chi connectivity index (χ3n) is 5.17. The van der Waals surface area contributed by atoms with E-state index in [1.807, 2.05) is 24.3 Å². The Kier molecular flexibility index (Phi) is 2.73. The number of hydrogen-bond acceptors (Lipinski definition) is 2. The van der Waals surface area contributed by atoms with E-state index in [0.29, 0.717) is 0 Å². The molecule has 0 bridgehead atoms. The minimum atomic E-state index is -0.253. The molecule has 2 aromatic carbocycles. The summed E-state index contributed by atoms with van der Waals surface area (Å²) in [5.41, 5.74) is 3.66. The molecule has 0 heterocycles. The van der Waals surface area contributed by atoms with E-state index in [9.17, 15) is 10.1 Å². The quantitative estimate of drug-likeness (QED) is 0.539. The largest absolute Gasteiger partial charge is 0.277 e. The minimum Gasteiger partial charge on any atom is -0.258 e. The van der Waals surface area contributed by atoms with Gasteiger partial charge in [0.25, 0.3) is 5.69 Å². The van der Waals surface area contributed by atoms with Gasteiger partial charge in [-0.3, -0.25) is 10.1 Å². The highest BCUT2D eigenvalue weighted by Gasteiger charge is 2.37. The van der Waals surface area contributed by atoms with Gasteiger partial charge >= 0.3 is 0 Å². The van der Waals surface area contributed by atoms with Gasteiger partial charge in [-0.15, -0.1) is 0 Å². The van der Waals surface area contributed by atoms with E-state index in [2.05, 4.69) is 25.2 Å². The van der Waals surface area contributed by atoms with Crippen LogP contribution in [0.25, 0.3) is 16.8 Å². The van der Waals surface area contributed by atoms with E-state index in [-0.39, 0.29) is 16.0 Å². The summed E-state index contributed by atoms with van der Waals surface area (Å²) in [6, 6.07) is 9.46. The van der Waals surface area contributed by atoms with Crippen LogP contribution in [0.1, 0.15) is 37.3 Å². The fraction of sp³-hybridized carbons (Fsp3) is 0.263. The lowest BCUT2D eigenvalue weighted by Gasteiger charge is -2.38. The van der Waals surface area contributed by atoms with Crippen molar-refractivity contribution in [2.75, 3.05) is 0 Å². The molecule has 0 N–H and O–H groups in total. The molecule has 0 fully saturated rings. The van der Waals surface area contributed by atoms with E-state index in [1.165, 1.54) is 5.57 Å². The Labute approximate surface area is 129 Å². The molecule has 3 nitrogen and oxygen atoms in total. The molecule has 1 atom stereocenters. The Morgan fingerprint density at radius 1 is 1.18 bits per heavy atom. The number of nitro groups is 1. The van der Waals surface area contributed by atoms with Crippen molar-refractivity contribution in [3.8, 4) is 0 Å². The molecule has 2 aliphatic carbocycles. The maximum Gasteiger partial charge on any atom is 0.277 e. The summed E-state index contributed by atoms with van der Waals surface area (Å²) in [6.45, 7) is 2.22. The average Bonchev–Trinajstić information content (AvgIpc) is 2.53. The van der Waals surface area contributed by atoms with E-state index in [1.54, 1.807) is 6.07 Å². The van der Waals surface area contributed by atoms with Crippen LogP contribution < -0.4 is 0 Å². The molecule has 3 heteroatoms. The Balaban J connectivity index is 2.13. The van der Waals surface area contributed by atoms with Crippen LogP contribution in [0.2, 0.25) is 0 Å². The van der Waals surface area contributed by atoms with Gasteiger partial charge in [0.2, 0.25) is 0 Å².